The lowest BCUT2D eigenvalue weighted by molar-refractivity contribution is 0.0694. The molecule has 1 heterocycles. The highest BCUT2D eigenvalue weighted by Gasteiger charge is 2.23. The van der Waals surface area contributed by atoms with E-state index in [0.29, 0.717) is 17.4 Å². The third kappa shape index (κ3) is 1.69. The molecule has 3 rings (SSSR count). The SMILES string of the molecule is O=C(O)c1c(O)ccc2c3c(c(=O)oc12)CCCC3. The Bertz CT molecular complexity index is 742. The van der Waals surface area contributed by atoms with Crippen LogP contribution in [-0.2, 0) is 12.8 Å². The fourth-order valence-electron chi connectivity index (χ4n) is 2.70. The number of fused-ring (bicyclic) bond motifs is 3. The van der Waals surface area contributed by atoms with E-state index in [4.69, 9.17) is 9.52 Å². The molecule has 0 atom stereocenters. The van der Waals surface area contributed by atoms with Crippen molar-refractivity contribution in [3.63, 3.8) is 0 Å². The van der Waals surface area contributed by atoms with Crippen LogP contribution in [-0.4, -0.2) is 16.2 Å². The molecule has 0 spiro atoms. The summed E-state index contributed by atoms with van der Waals surface area (Å²) >= 11 is 0. The van der Waals surface area contributed by atoms with Gasteiger partial charge in [-0.15, -0.1) is 0 Å². The summed E-state index contributed by atoms with van der Waals surface area (Å²) in [5, 5.41) is 19.4. The molecule has 98 valence electrons. The summed E-state index contributed by atoms with van der Waals surface area (Å²) in [6.07, 6.45) is 3.31. The number of carbonyl (C=O) groups is 1. The average Bonchev–Trinajstić information content (AvgIpc) is 2.38. The Kier molecular flexibility index (Phi) is 2.55. The Morgan fingerprint density at radius 2 is 1.84 bits per heavy atom. The van der Waals surface area contributed by atoms with E-state index in [1.54, 1.807) is 6.07 Å². The van der Waals surface area contributed by atoms with Gasteiger partial charge in [-0.1, -0.05) is 0 Å². The van der Waals surface area contributed by atoms with Crippen LogP contribution in [0.1, 0.15) is 34.3 Å². The molecule has 5 nitrogen and oxygen atoms in total. The first-order valence-corrected chi connectivity index (χ1v) is 6.13. The maximum absolute atomic E-state index is 11.9. The van der Waals surface area contributed by atoms with Crippen molar-refractivity contribution in [2.45, 2.75) is 25.7 Å². The summed E-state index contributed by atoms with van der Waals surface area (Å²) < 4.78 is 5.14. The van der Waals surface area contributed by atoms with Gasteiger partial charge in [-0.3, -0.25) is 0 Å². The van der Waals surface area contributed by atoms with Crippen LogP contribution in [0.5, 0.6) is 5.75 Å². The number of phenols is 1. The molecule has 0 unspecified atom stereocenters. The molecule has 0 fully saturated rings. The molecule has 0 aliphatic heterocycles. The number of benzene rings is 1. The number of aromatic carboxylic acids is 1. The predicted molar refractivity (Wildman–Crippen MR) is 67.8 cm³/mol. The maximum atomic E-state index is 11.9. The highest BCUT2D eigenvalue weighted by Crippen LogP contribution is 2.32. The highest BCUT2D eigenvalue weighted by molar-refractivity contribution is 6.04. The lowest BCUT2D eigenvalue weighted by atomic mass is 9.90. The summed E-state index contributed by atoms with van der Waals surface area (Å²) in [5.41, 5.74) is 0.636. The lowest BCUT2D eigenvalue weighted by Crippen LogP contribution is -2.16. The van der Waals surface area contributed by atoms with Gasteiger partial charge in [0, 0.05) is 10.9 Å². The van der Waals surface area contributed by atoms with E-state index in [9.17, 15) is 14.7 Å². The molecule has 2 aromatic rings. The number of rotatable bonds is 1. The fraction of sp³-hybridized carbons (Fsp3) is 0.286. The molecule has 1 aromatic carbocycles. The Labute approximate surface area is 108 Å². The first-order chi connectivity index (χ1) is 9.09. The number of hydrogen-bond donors (Lipinski definition) is 2. The van der Waals surface area contributed by atoms with Crippen LogP contribution in [0.2, 0.25) is 0 Å². The van der Waals surface area contributed by atoms with Crippen LogP contribution in [0.25, 0.3) is 11.0 Å². The van der Waals surface area contributed by atoms with E-state index in [0.717, 1.165) is 24.8 Å². The summed E-state index contributed by atoms with van der Waals surface area (Å²) in [6.45, 7) is 0. The molecule has 1 aromatic heterocycles. The lowest BCUT2D eigenvalue weighted by Gasteiger charge is -2.16. The molecule has 0 bridgehead atoms. The van der Waals surface area contributed by atoms with Gasteiger partial charge < -0.3 is 14.6 Å². The average molecular weight is 260 g/mol. The van der Waals surface area contributed by atoms with Crippen molar-refractivity contribution in [1.29, 1.82) is 0 Å². The molecule has 1 aliphatic rings. The van der Waals surface area contributed by atoms with Crippen LogP contribution in [0.15, 0.2) is 21.3 Å². The zero-order valence-electron chi connectivity index (χ0n) is 10.1. The minimum absolute atomic E-state index is 0.0295. The molecule has 5 heteroatoms. The van der Waals surface area contributed by atoms with Crippen LogP contribution >= 0.6 is 0 Å². The summed E-state index contributed by atoms with van der Waals surface area (Å²) in [4.78, 5) is 23.1. The minimum atomic E-state index is -1.30. The summed E-state index contributed by atoms with van der Waals surface area (Å²) in [6, 6.07) is 2.95. The monoisotopic (exact) mass is 260 g/mol. The maximum Gasteiger partial charge on any atom is 0.343 e. The van der Waals surface area contributed by atoms with Crippen molar-refractivity contribution >= 4 is 16.9 Å². The second-order valence-electron chi connectivity index (χ2n) is 4.70. The normalized spacial score (nSPS) is 14.3. The molecule has 2 N–H and O–H groups in total. The van der Waals surface area contributed by atoms with E-state index in [2.05, 4.69) is 0 Å². The summed E-state index contributed by atoms with van der Waals surface area (Å²) in [5.74, 6) is -1.69. The van der Waals surface area contributed by atoms with Gasteiger partial charge in [-0.05, 0) is 43.4 Å². The molecule has 0 amide bonds. The zero-order valence-corrected chi connectivity index (χ0v) is 10.1. The molecule has 0 saturated heterocycles. The number of aromatic hydroxyl groups is 1. The largest absolute Gasteiger partial charge is 0.507 e. The topological polar surface area (TPSA) is 87.7 Å². The molecular weight excluding hydrogens is 248 g/mol. The standard InChI is InChI=1S/C14H12O5/c15-10-6-5-8-7-3-1-2-4-9(7)14(18)19-12(8)11(10)13(16)17/h5-6,15H,1-4H2,(H,16,17). The van der Waals surface area contributed by atoms with Gasteiger partial charge in [0.05, 0.1) is 0 Å². The second-order valence-corrected chi connectivity index (χ2v) is 4.70. The zero-order chi connectivity index (χ0) is 13.6. The van der Waals surface area contributed by atoms with Crippen LogP contribution in [0, 0.1) is 0 Å². The second kappa shape index (κ2) is 4.12. The number of hydrogen-bond acceptors (Lipinski definition) is 4. The number of carboxylic acid groups (broad SMARTS) is 1. The summed E-state index contributed by atoms with van der Waals surface area (Å²) in [7, 11) is 0. The van der Waals surface area contributed by atoms with Crippen molar-refractivity contribution in [1.82, 2.24) is 0 Å². The quantitative estimate of drug-likeness (QED) is 0.766. The van der Waals surface area contributed by atoms with Crippen molar-refractivity contribution in [2.75, 3.05) is 0 Å². The van der Waals surface area contributed by atoms with Crippen LogP contribution in [0.4, 0.5) is 0 Å². The Morgan fingerprint density at radius 1 is 1.16 bits per heavy atom. The molecule has 0 radical (unpaired) electrons. The molecule has 0 saturated carbocycles. The molecule has 1 aliphatic carbocycles. The Balaban J connectivity index is 2.47. The molecule has 19 heavy (non-hydrogen) atoms. The van der Waals surface area contributed by atoms with E-state index in [1.807, 2.05) is 0 Å². The highest BCUT2D eigenvalue weighted by atomic mass is 16.4. The van der Waals surface area contributed by atoms with E-state index >= 15 is 0 Å². The molecular formula is C14H12O5. The van der Waals surface area contributed by atoms with Gasteiger partial charge in [0.25, 0.3) is 0 Å². The van der Waals surface area contributed by atoms with E-state index < -0.39 is 11.6 Å². The van der Waals surface area contributed by atoms with E-state index in [-0.39, 0.29) is 16.9 Å². The minimum Gasteiger partial charge on any atom is -0.507 e. The van der Waals surface area contributed by atoms with Gasteiger partial charge in [0.15, 0.2) is 5.58 Å². The van der Waals surface area contributed by atoms with Gasteiger partial charge >= 0.3 is 11.6 Å². The smallest absolute Gasteiger partial charge is 0.343 e. The van der Waals surface area contributed by atoms with Crippen LogP contribution in [0.3, 0.4) is 0 Å². The Hall–Kier alpha value is -2.30. The van der Waals surface area contributed by atoms with Crippen molar-refractivity contribution in [2.24, 2.45) is 0 Å². The van der Waals surface area contributed by atoms with Crippen molar-refractivity contribution in [3.05, 3.63) is 39.2 Å². The predicted octanol–water partition coefficient (Wildman–Crippen LogP) is 2.08. The van der Waals surface area contributed by atoms with Gasteiger partial charge in [0.1, 0.15) is 11.3 Å². The van der Waals surface area contributed by atoms with Crippen molar-refractivity contribution < 1.29 is 19.4 Å². The van der Waals surface area contributed by atoms with Crippen molar-refractivity contribution in [3.8, 4) is 5.75 Å². The van der Waals surface area contributed by atoms with Crippen LogP contribution < -0.4 is 5.63 Å². The third-order valence-electron chi connectivity index (χ3n) is 3.58. The first kappa shape index (κ1) is 11.8. The van der Waals surface area contributed by atoms with Gasteiger partial charge in [0.2, 0.25) is 0 Å². The first-order valence-electron chi connectivity index (χ1n) is 6.13. The number of carboxylic acids is 1. The Morgan fingerprint density at radius 3 is 2.53 bits per heavy atom. The van der Waals surface area contributed by atoms with E-state index in [1.165, 1.54) is 6.07 Å². The third-order valence-corrected chi connectivity index (χ3v) is 3.58. The van der Waals surface area contributed by atoms with Gasteiger partial charge in [-0.25, -0.2) is 9.59 Å². The van der Waals surface area contributed by atoms with Gasteiger partial charge in [-0.2, -0.15) is 0 Å². The number of aryl methyl sites for hydroxylation is 1. The fourth-order valence-corrected chi connectivity index (χ4v) is 2.70.